The zero-order valence-corrected chi connectivity index (χ0v) is 10.2. The number of aliphatic imine (C=N–C) groups is 1. The van der Waals surface area contributed by atoms with Gasteiger partial charge >= 0.3 is 0 Å². The number of nitrogens with two attached hydrogens (primary N) is 1. The number of guanidine groups is 1. The highest BCUT2D eigenvalue weighted by molar-refractivity contribution is 5.78. The molecule has 0 radical (unpaired) electrons. The number of H-pyrrole nitrogens is 1. The van der Waals surface area contributed by atoms with Gasteiger partial charge in [-0.1, -0.05) is 20.8 Å². The molecule has 1 aromatic rings. The van der Waals surface area contributed by atoms with Gasteiger partial charge in [-0.25, -0.2) is 4.98 Å². The summed E-state index contributed by atoms with van der Waals surface area (Å²) in [6.45, 7) is 7.05. The molecule has 1 aromatic heterocycles. The van der Waals surface area contributed by atoms with Gasteiger partial charge in [-0.2, -0.15) is 0 Å². The minimum atomic E-state index is 0.103. The number of rotatable bonds is 5. The SMILES string of the molecule is CCC(NC(N)=NCC(C)C)c1ncc[nH]1. The van der Waals surface area contributed by atoms with E-state index in [0.29, 0.717) is 11.9 Å². The Balaban J connectivity index is 2.54. The molecule has 0 aliphatic heterocycles. The Morgan fingerprint density at radius 3 is 2.88 bits per heavy atom. The lowest BCUT2D eigenvalue weighted by Crippen LogP contribution is -2.35. The van der Waals surface area contributed by atoms with Crippen molar-refractivity contribution in [2.75, 3.05) is 6.54 Å². The van der Waals surface area contributed by atoms with Gasteiger partial charge < -0.3 is 16.0 Å². The molecular formula is C11H21N5. The Morgan fingerprint density at radius 1 is 1.62 bits per heavy atom. The lowest BCUT2D eigenvalue weighted by atomic mass is 10.2. The maximum absolute atomic E-state index is 5.80. The summed E-state index contributed by atoms with van der Waals surface area (Å²) in [7, 11) is 0. The molecule has 1 rings (SSSR count). The normalized spacial score (nSPS) is 14.1. The topological polar surface area (TPSA) is 79.1 Å². The molecule has 0 fully saturated rings. The van der Waals surface area contributed by atoms with Gasteiger partial charge in [0.2, 0.25) is 0 Å². The van der Waals surface area contributed by atoms with Crippen molar-refractivity contribution < 1.29 is 0 Å². The fourth-order valence-corrected chi connectivity index (χ4v) is 1.34. The molecule has 5 nitrogen and oxygen atoms in total. The van der Waals surface area contributed by atoms with Crippen molar-refractivity contribution in [1.82, 2.24) is 15.3 Å². The van der Waals surface area contributed by atoms with Crippen LogP contribution in [0.25, 0.3) is 0 Å². The fraction of sp³-hybridized carbons (Fsp3) is 0.636. The summed E-state index contributed by atoms with van der Waals surface area (Å²) in [5.74, 6) is 1.89. The van der Waals surface area contributed by atoms with E-state index in [9.17, 15) is 0 Å². The predicted molar refractivity (Wildman–Crippen MR) is 66.1 cm³/mol. The van der Waals surface area contributed by atoms with Crippen LogP contribution in [0, 0.1) is 5.92 Å². The van der Waals surface area contributed by atoms with Crippen LogP contribution in [0.2, 0.25) is 0 Å². The van der Waals surface area contributed by atoms with Crippen LogP contribution >= 0.6 is 0 Å². The maximum Gasteiger partial charge on any atom is 0.189 e. The van der Waals surface area contributed by atoms with Gasteiger partial charge in [-0.15, -0.1) is 0 Å². The second kappa shape index (κ2) is 6.15. The molecular weight excluding hydrogens is 202 g/mol. The number of imidazole rings is 1. The minimum absolute atomic E-state index is 0.103. The standard InChI is InChI=1S/C11H21N5/c1-4-9(10-13-5-6-14-10)16-11(12)15-7-8(2)3/h5-6,8-9H,4,7H2,1-3H3,(H,13,14)(H3,12,15,16). The second-order valence-electron chi connectivity index (χ2n) is 4.20. The van der Waals surface area contributed by atoms with Gasteiger partial charge in [0, 0.05) is 18.9 Å². The first-order valence-electron chi connectivity index (χ1n) is 5.69. The van der Waals surface area contributed by atoms with Crippen LogP contribution in [0.1, 0.15) is 39.1 Å². The molecule has 1 unspecified atom stereocenters. The van der Waals surface area contributed by atoms with E-state index in [-0.39, 0.29) is 6.04 Å². The molecule has 4 N–H and O–H groups in total. The van der Waals surface area contributed by atoms with Crippen molar-refractivity contribution in [3.63, 3.8) is 0 Å². The van der Waals surface area contributed by atoms with Crippen molar-refractivity contribution in [2.45, 2.75) is 33.2 Å². The van der Waals surface area contributed by atoms with Crippen LogP contribution in [-0.2, 0) is 0 Å². The Hall–Kier alpha value is -1.52. The first-order valence-corrected chi connectivity index (χ1v) is 5.69. The molecule has 0 amide bonds. The molecule has 0 bridgehead atoms. The molecule has 0 aromatic carbocycles. The maximum atomic E-state index is 5.80. The average Bonchev–Trinajstić information content (AvgIpc) is 2.76. The molecule has 0 saturated carbocycles. The molecule has 1 atom stereocenters. The highest BCUT2D eigenvalue weighted by Crippen LogP contribution is 2.10. The molecule has 5 heteroatoms. The minimum Gasteiger partial charge on any atom is -0.370 e. The zero-order valence-electron chi connectivity index (χ0n) is 10.2. The second-order valence-corrected chi connectivity index (χ2v) is 4.20. The van der Waals surface area contributed by atoms with Crippen molar-refractivity contribution in [2.24, 2.45) is 16.6 Å². The van der Waals surface area contributed by atoms with E-state index >= 15 is 0 Å². The number of hydrogen-bond donors (Lipinski definition) is 3. The highest BCUT2D eigenvalue weighted by atomic mass is 15.1. The summed E-state index contributed by atoms with van der Waals surface area (Å²) in [4.78, 5) is 11.5. The Bertz CT molecular complexity index is 315. The first kappa shape index (κ1) is 12.5. The molecule has 0 saturated heterocycles. The summed E-state index contributed by atoms with van der Waals surface area (Å²) < 4.78 is 0. The van der Waals surface area contributed by atoms with E-state index in [1.807, 2.05) is 0 Å². The van der Waals surface area contributed by atoms with Crippen molar-refractivity contribution in [3.8, 4) is 0 Å². The summed E-state index contributed by atoms with van der Waals surface area (Å²) >= 11 is 0. The molecule has 90 valence electrons. The van der Waals surface area contributed by atoms with Crippen molar-refractivity contribution in [1.29, 1.82) is 0 Å². The van der Waals surface area contributed by atoms with Crippen LogP contribution in [0.4, 0.5) is 0 Å². The summed E-state index contributed by atoms with van der Waals surface area (Å²) in [5, 5.41) is 3.16. The van der Waals surface area contributed by atoms with E-state index in [1.54, 1.807) is 12.4 Å². The number of aromatic amines is 1. The van der Waals surface area contributed by atoms with Crippen LogP contribution in [-0.4, -0.2) is 22.5 Å². The molecule has 0 aliphatic carbocycles. The van der Waals surface area contributed by atoms with E-state index in [0.717, 1.165) is 18.8 Å². The number of aromatic nitrogens is 2. The largest absolute Gasteiger partial charge is 0.370 e. The van der Waals surface area contributed by atoms with Crippen LogP contribution in [0.5, 0.6) is 0 Å². The molecule has 1 heterocycles. The van der Waals surface area contributed by atoms with Crippen LogP contribution < -0.4 is 11.1 Å². The van der Waals surface area contributed by atoms with Crippen LogP contribution in [0.15, 0.2) is 17.4 Å². The van der Waals surface area contributed by atoms with Gasteiger partial charge in [-0.3, -0.25) is 4.99 Å². The van der Waals surface area contributed by atoms with Gasteiger partial charge in [-0.05, 0) is 12.3 Å². The summed E-state index contributed by atoms with van der Waals surface area (Å²) in [5.41, 5.74) is 5.80. The Morgan fingerprint density at radius 2 is 2.38 bits per heavy atom. The smallest absolute Gasteiger partial charge is 0.189 e. The van der Waals surface area contributed by atoms with Gasteiger partial charge in [0.25, 0.3) is 0 Å². The fourth-order valence-electron chi connectivity index (χ4n) is 1.34. The first-order chi connectivity index (χ1) is 7.63. The highest BCUT2D eigenvalue weighted by Gasteiger charge is 2.11. The van der Waals surface area contributed by atoms with Crippen LogP contribution in [0.3, 0.4) is 0 Å². The average molecular weight is 223 g/mol. The number of hydrogen-bond acceptors (Lipinski definition) is 2. The third-order valence-corrected chi connectivity index (χ3v) is 2.21. The van der Waals surface area contributed by atoms with E-state index < -0.39 is 0 Å². The lowest BCUT2D eigenvalue weighted by molar-refractivity contribution is 0.584. The number of nitrogens with one attached hydrogen (secondary N) is 2. The predicted octanol–water partition coefficient (Wildman–Crippen LogP) is 1.42. The Labute approximate surface area is 96.6 Å². The van der Waals surface area contributed by atoms with Gasteiger partial charge in [0.05, 0.1) is 6.04 Å². The summed E-state index contributed by atoms with van der Waals surface area (Å²) in [6, 6.07) is 0.103. The van der Waals surface area contributed by atoms with Gasteiger partial charge in [0.1, 0.15) is 5.82 Å². The third-order valence-electron chi connectivity index (χ3n) is 2.21. The van der Waals surface area contributed by atoms with Gasteiger partial charge in [0.15, 0.2) is 5.96 Å². The monoisotopic (exact) mass is 223 g/mol. The van der Waals surface area contributed by atoms with E-state index in [4.69, 9.17) is 5.73 Å². The summed E-state index contributed by atoms with van der Waals surface area (Å²) in [6.07, 6.45) is 4.45. The van der Waals surface area contributed by atoms with Crippen molar-refractivity contribution >= 4 is 5.96 Å². The molecule has 0 aliphatic rings. The molecule has 16 heavy (non-hydrogen) atoms. The Kier molecular flexibility index (Phi) is 4.82. The zero-order chi connectivity index (χ0) is 12.0. The van der Waals surface area contributed by atoms with E-state index in [2.05, 4.69) is 41.0 Å². The third kappa shape index (κ3) is 3.92. The van der Waals surface area contributed by atoms with E-state index in [1.165, 1.54) is 0 Å². The molecule has 0 spiro atoms. The number of nitrogens with zero attached hydrogens (tertiary/aromatic N) is 2. The quantitative estimate of drug-likeness (QED) is 0.522. The van der Waals surface area contributed by atoms with Crippen molar-refractivity contribution in [3.05, 3.63) is 18.2 Å². The lowest BCUT2D eigenvalue weighted by Gasteiger charge is -2.15.